The molecule has 1 aliphatic rings. The number of halogens is 2. The molecule has 0 radical (unpaired) electrons. The van der Waals surface area contributed by atoms with Crippen LogP contribution in [0, 0.1) is 0 Å². The Bertz CT molecular complexity index is 597. The predicted octanol–water partition coefficient (Wildman–Crippen LogP) is 2.62. The van der Waals surface area contributed by atoms with Crippen LogP contribution in [0.2, 0.25) is 10.0 Å². The van der Waals surface area contributed by atoms with Crippen LogP contribution in [0.15, 0.2) is 18.2 Å². The number of hydrogen-bond acceptors (Lipinski definition) is 3. The molecule has 1 fully saturated rings. The van der Waals surface area contributed by atoms with Crippen molar-refractivity contribution in [3.63, 3.8) is 0 Å². The molecule has 0 N–H and O–H groups in total. The molecule has 24 heavy (non-hydrogen) atoms. The fourth-order valence-electron chi connectivity index (χ4n) is 2.79. The summed E-state index contributed by atoms with van der Waals surface area (Å²) < 4.78 is 0. The molecule has 0 bridgehead atoms. The van der Waals surface area contributed by atoms with Crippen molar-refractivity contribution in [3.05, 3.63) is 33.8 Å². The van der Waals surface area contributed by atoms with Gasteiger partial charge in [0.25, 0.3) is 5.91 Å². The first-order valence-electron chi connectivity index (χ1n) is 8.20. The summed E-state index contributed by atoms with van der Waals surface area (Å²) in [5.74, 6) is 0.0903. The zero-order chi connectivity index (χ0) is 17.7. The molecule has 0 aliphatic carbocycles. The van der Waals surface area contributed by atoms with Crippen molar-refractivity contribution >= 4 is 35.0 Å². The minimum absolute atomic E-state index is 0.0525. The van der Waals surface area contributed by atoms with Crippen molar-refractivity contribution in [2.24, 2.45) is 0 Å². The van der Waals surface area contributed by atoms with E-state index in [9.17, 15) is 9.59 Å². The smallest absolute Gasteiger partial charge is 0.253 e. The lowest BCUT2D eigenvalue weighted by Gasteiger charge is -2.35. The van der Waals surface area contributed by atoms with Gasteiger partial charge >= 0.3 is 0 Å². The van der Waals surface area contributed by atoms with Crippen molar-refractivity contribution in [3.8, 4) is 0 Å². The molecule has 0 atom stereocenters. The number of amides is 2. The van der Waals surface area contributed by atoms with Crippen LogP contribution < -0.4 is 0 Å². The Morgan fingerprint density at radius 1 is 1.04 bits per heavy atom. The van der Waals surface area contributed by atoms with Gasteiger partial charge in [0.15, 0.2) is 0 Å². The van der Waals surface area contributed by atoms with Crippen LogP contribution in [-0.2, 0) is 4.79 Å². The summed E-state index contributed by atoms with van der Waals surface area (Å²) in [6, 6.07) is 4.92. The van der Waals surface area contributed by atoms with Crippen molar-refractivity contribution < 1.29 is 9.59 Å². The highest BCUT2D eigenvalue weighted by molar-refractivity contribution is 6.42. The van der Waals surface area contributed by atoms with E-state index in [0.717, 1.165) is 13.1 Å². The third-order valence-corrected chi connectivity index (χ3v) is 5.04. The van der Waals surface area contributed by atoms with E-state index in [1.165, 1.54) is 0 Å². The summed E-state index contributed by atoms with van der Waals surface area (Å²) in [5, 5.41) is 0.818. The van der Waals surface area contributed by atoms with Gasteiger partial charge in [-0.1, -0.05) is 23.2 Å². The molecule has 0 unspecified atom stereocenters. The molecule has 1 aromatic carbocycles. The number of likely N-dealkylation sites (N-methyl/N-ethyl adjacent to an activating group) is 1. The maximum absolute atomic E-state index is 12.5. The summed E-state index contributed by atoms with van der Waals surface area (Å²) in [6.07, 6.45) is 0. The van der Waals surface area contributed by atoms with E-state index in [2.05, 4.69) is 4.90 Å². The molecular formula is C17H23Cl2N3O2. The molecule has 0 saturated carbocycles. The fourth-order valence-corrected chi connectivity index (χ4v) is 3.09. The van der Waals surface area contributed by atoms with Crippen LogP contribution in [0.4, 0.5) is 0 Å². The van der Waals surface area contributed by atoms with Gasteiger partial charge in [0.1, 0.15) is 0 Å². The van der Waals surface area contributed by atoms with E-state index in [4.69, 9.17) is 23.2 Å². The van der Waals surface area contributed by atoms with Crippen LogP contribution >= 0.6 is 23.2 Å². The molecule has 0 spiro atoms. The molecular weight excluding hydrogens is 349 g/mol. The van der Waals surface area contributed by atoms with Gasteiger partial charge in [-0.3, -0.25) is 14.5 Å². The maximum atomic E-state index is 12.5. The Morgan fingerprint density at radius 3 is 2.21 bits per heavy atom. The molecule has 1 aliphatic heterocycles. The lowest BCUT2D eigenvalue weighted by Crippen LogP contribution is -2.51. The summed E-state index contributed by atoms with van der Waals surface area (Å²) in [5.41, 5.74) is 0.539. The summed E-state index contributed by atoms with van der Waals surface area (Å²) >= 11 is 11.9. The Labute approximate surface area is 153 Å². The second-order valence-corrected chi connectivity index (χ2v) is 6.58. The zero-order valence-corrected chi connectivity index (χ0v) is 15.6. The number of hydrogen-bond donors (Lipinski definition) is 0. The average molecular weight is 372 g/mol. The lowest BCUT2D eigenvalue weighted by molar-refractivity contribution is -0.132. The van der Waals surface area contributed by atoms with Gasteiger partial charge in [-0.25, -0.2) is 0 Å². The predicted molar refractivity (Wildman–Crippen MR) is 96.7 cm³/mol. The van der Waals surface area contributed by atoms with Gasteiger partial charge < -0.3 is 9.80 Å². The van der Waals surface area contributed by atoms with Gasteiger partial charge in [0.2, 0.25) is 5.91 Å². The van der Waals surface area contributed by atoms with Crippen molar-refractivity contribution in [2.75, 3.05) is 45.8 Å². The van der Waals surface area contributed by atoms with Crippen molar-refractivity contribution in [1.29, 1.82) is 0 Å². The number of carbonyl (C=O) groups is 2. The highest BCUT2D eigenvalue weighted by Gasteiger charge is 2.24. The number of nitrogens with zero attached hydrogens (tertiary/aromatic N) is 3. The molecule has 2 amide bonds. The lowest BCUT2D eigenvalue weighted by atomic mass is 10.2. The second-order valence-electron chi connectivity index (χ2n) is 5.76. The summed E-state index contributed by atoms with van der Waals surface area (Å²) in [7, 11) is 0. The zero-order valence-electron chi connectivity index (χ0n) is 14.1. The summed E-state index contributed by atoms with van der Waals surface area (Å²) in [6.45, 7) is 8.42. The van der Waals surface area contributed by atoms with Gasteiger partial charge in [0, 0.05) is 44.8 Å². The first kappa shape index (κ1) is 19.0. The molecule has 1 heterocycles. The van der Waals surface area contributed by atoms with Gasteiger partial charge in [-0.2, -0.15) is 0 Å². The van der Waals surface area contributed by atoms with Crippen LogP contribution in [-0.4, -0.2) is 72.3 Å². The fraction of sp³-hybridized carbons (Fsp3) is 0.529. The Kier molecular flexibility index (Phi) is 6.90. The highest BCUT2D eigenvalue weighted by atomic mass is 35.5. The van der Waals surface area contributed by atoms with E-state index in [1.54, 1.807) is 23.1 Å². The number of piperazine rings is 1. The standard InChI is InChI=1S/C17H23Cl2N3O2/c1-3-21(4-2)16(23)12-20-7-9-22(10-8-20)17(24)13-5-6-14(18)15(19)11-13/h5-6,11H,3-4,7-10,12H2,1-2H3. The van der Waals surface area contributed by atoms with E-state index in [-0.39, 0.29) is 11.8 Å². The van der Waals surface area contributed by atoms with Gasteiger partial charge in [-0.05, 0) is 32.0 Å². The largest absolute Gasteiger partial charge is 0.342 e. The second kappa shape index (κ2) is 8.70. The molecule has 0 aromatic heterocycles. The van der Waals surface area contributed by atoms with Crippen LogP contribution in [0.25, 0.3) is 0 Å². The molecule has 2 rings (SSSR count). The van der Waals surface area contributed by atoms with Crippen molar-refractivity contribution in [1.82, 2.24) is 14.7 Å². The number of benzene rings is 1. The topological polar surface area (TPSA) is 43.9 Å². The normalized spacial score (nSPS) is 15.4. The van der Waals surface area contributed by atoms with Gasteiger partial charge in [0.05, 0.1) is 16.6 Å². The third kappa shape index (κ3) is 4.62. The van der Waals surface area contributed by atoms with E-state index >= 15 is 0 Å². The quantitative estimate of drug-likeness (QED) is 0.798. The molecule has 1 saturated heterocycles. The summed E-state index contributed by atoms with van der Waals surface area (Å²) in [4.78, 5) is 30.4. The molecule has 1 aromatic rings. The first-order valence-corrected chi connectivity index (χ1v) is 8.96. The number of rotatable bonds is 5. The number of carbonyl (C=O) groups excluding carboxylic acids is 2. The molecule has 5 nitrogen and oxygen atoms in total. The first-order chi connectivity index (χ1) is 11.5. The minimum atomic E-state index is -0.0525. The Hall–Kier alpha value is -1.30. The van der Waals surface area contributed by atoms with E-state index < -0.39 is 0 Å². The maximum Gasteiger partial charge on any atom is 0.253 e. The minimum Gasteiger partial charge on any atom is -0.342 e. The van der Waals surface area contributed by atoms with Crippen molar-refractivity contribution in [2.45, 2.75) is 13.8 Å². The van der Waals surface area contributed by atoms with E-state index in [1.807, 2.05) is 18.7 Å². The molecule has 7 heteroatoms. The third-order valence-electron chi connectivity index (χ3n) is 4.30. The van der Waals surface area contributed by atoms with Crippen LogP contribution in [0.1, 0.15) is 24.2 Å². The monoisotopic (exact) mass is 371 g/mol. The SMILES string of the molecule is CCN(CC)C(=O)CN1CCN(C(=O)c2ccc(Cl)c(Cl)c2)CC1. The van der Waals surface area contributed by atoms with Crippen LogP contribution in [0.5, 0.6) is 0 Å². The van der Waals surface area contributed by atoms with E-state index in [0.29, 0.717) is 48.3 Å². The van der Waals surface area contributed by atoms with Crippen LogP contribution in [0.3, 0.4) is 0 Å². The van der Waals surface area contributed by atoms with Gasteiger partial charge in [-0.15, -0.1) is 0 Å². The Balaban J connectivity index is 1.89. The average Bonchev–Trinajstić information content (AvgIpc) is 2.58. The highest BCUT2D eigenvalue weighted by Crippen LogP contribution is 2.23. The Morgan fingerprint density at radius 2 is 1.67 bits per heavy atom. The molecule has 132 valence electrons.